The van der Waals surface area contributed by atoms with E-state index in [9.17, 15) is 4.79 Å². The molecule has 0 aromatic heterocycles. The Kier molecular flexibility index (Phi) is 5.24. The van der Waals surface area contributed by atoms with E-state index in [-0.39, 0.29) is 11.9 Å². The summed E-state index contributed by atoms with van der Waals surface area (Å²) >= 11 is 0. The van der Waals surface area contributed by atoms with Crippen molar-refractivity contribution in [1.29, 1.82) is 0 Å². The summed E-state index contributed by atoms with van der Waals surface area (Å²) in [6.45, 7) is 8.24. The predicted octanol–water partition coefficient (Wildman–Crippen LogP) is 2.40. The molecule has 0 saturated carbocycles. The first-order valence-corrected chi connectivity index (χ1v) is 6.13. The van der Waals surface area contributed by atoms with Gasteiger partial charge in [0.15, 0.2) is 0 Å². The zero-order chi connectivity index (χ0) is 13.5. The largest absolute Gasteiger partial charge is 0.397 e. The monoisotopic (exact) mass is 247 g/mol. The van der Waals surface area contributed by atoms with Gasteiger partial charge < -0.3 is 16.4 Å². The van der Waals surface area contributed by atoms with Gasteiger partial charge in [-0.15, -0.1) is 6.58 Å². The van der Waals surface area contributed by atoms with Gasteiger partial charge in [0, 0.05) is 18.2 Å². The molecule has 0 radical (unpaired) electrons. The van der Waals surface area contributed by atoms with E-state index in [2.05, 4.69) is 17.2 Å². The Morgan fingerprint density at radius 1 is 1.56 bits per heavy atom. The summed E-state index contributed by atoms with van der Waals surface area (Å²) in [6, 6.07) is 5.48. The van der Waals surface area contributed by atoms with Crippen LogP contribution >= 0.6 is 0 Å². The maximum Gasteiger partial charge on any atom is 0.251 e. The van der Waals surface area contributed by atoms with Crippen molar-refractivity contribution in [2.75, 3.05) is 17.6 Å². The van der Waals surface area contributed by atoms with E-state index < -0.39 is 0 Å². The maximum atomic E-state index is 11.7. The minimum Gasteiger partial charge on any atom is -0.397 e. The Morgan fingerprint density at radius 2 is 2.28 bits per heavy atom. The van der Waals surface area contributed by atoms with Gasteiger partial charge in [0.25, 0.3) is 5.91 Å². The van der Waals surface area contributed by atoms with Crippen LogP contribution in [0.1, 0.15) is 30.6 Å². The van der Waals surface area contributed by atoms with Crippen molar-refractivity contribution < 1.29 is 4.79 Å². The molecule has 1 atom stereocenters. The number of carbonyl (C=O) groups excluding carboxylic acids is 1. The van der Waals surface area contributed by atoms with E-state index in [1.54, 1.807) is 18.2 Å². The van der Waals surface area contributed by atoms with Crippen LogP contribution in [-0.4, -0.2) is 18.5 Å². The fraction of sp³-hybridized carbons (Fsp3) is 0.357. The molecule has 0 bridgehead atoms. The van der Waals surface area contributed by atoms with Crippen LogP contribution in [0.15, 0.2) is 30.9 Å². The summed E-state index contributed by atoms with van der Waals surface area (Å²) in [4.78, 5) is 11.7. The van der Waals surface area contributed by atoms with Crippen molar-refractivity contribution in [3.63, 3.8) is 0 Å². The summed E-state index contributed by atoms with van der Waals surface area (Å²) in [6.07, 6.45) is 2.69. The molecule has 0 heterocycles. The van der Waals surface area contributed by atoms with Crippen molar-refractivity contribution in [2.24, 2.45) is 0 Å². The SMILES string of the molecule is C=CCC(C)Nc1cc(C(=O)NCC)ccc1N. The van der Waals surface area contributed by atoms with Crippen molar-refractivity contribution in [3.05, 3.63) is 36.4 Å². The summed E-state index contributed by atoms with van der Waals surface area (Å²) in [5, 5.41) is 6.04. The third-order valence-electron chi connectivity index (χ3n) is 2.57. The van der Waals surface area contributed by atoms with E-state index in [1.165, 1.54) is 0 Å². The van der Waals surface area contributed by atoms with Gasteiger partial charge in [-0.2, -0.15) is 0 Å². The molecular weight excluding hydrogens is 226 g/mol. The van der Waals surface area contributed by atoms with Crippen molar-refractivity contribution in [3.8, 4) is 0 Å². The second-order valence-electron chi connectivity index (χ2n) is 4.23. The van der Waals surface area contributed by atoms with Crippen LogP contribution in [0.25, 0.3) is 0 Å². The summed E-state index contributed by atoms with van der Waals surface area (Å²) in [7, 11) is 0. The Labute approximate surface area is 108 Å². The molecule has 1 amide bonds. The normalized spacial score (nSPS) is 11.7. The molecule has 0 fully saturated rings. The van der Waals surface area contributed by atoms with Crippen LogP contribution in [0, 0.1) is 0 Å². The molecule has 1 aromatic rings. The molecule has 18 heavy (non-hydrogen) atoms. The van der Waals surface area contributed by atoms with E-state index in [0.717, 1.165) is 12.1 Å². The average molecular weight is 247 g/mol. The second-order valence-corrected chi connectivity index (χ2v) is 4.23. The molecule has 0 aliphatic heterocycles. The van der Waals surface area contributed by atoms with Crippen LogP contribution in [0.5, 0.6) is 0 Å². The Balaban J connectivity index is 2.87. The third kappa shape index (κ3) is 3.80. The number of benzene rings is 1. The molecule has 98 valence electrons. The van der Waals surface area contributed by atoms with Crippen LogP contribution in [0.2, 0.25) is 0 Å². The summed E-state index contributed by atoms with van der Waals surface area (Å²) in [5.74, 6) is -0.0862. The van der Waals surface area contributed by atoms with E-state index in [0.29, 0.717) is 17.8 Å². The first-order valence-electron chi connectivity index (χ1n) is 6.13. The number of nitrogens with two attached hydrogens (primary N) is 1. The molecule has 1 aromatic carbocycles. The minimum atomic E-state index is -0.0862. The van der Waals surface area contributed by atoms with E-state index >= 15 is 0 Å². The van der Waals surface area contributed by atoms with Gasteiger partial charge in [-0.1, -0.05) is 6.08 Å². The van der Waals surface area contributed by atoms with Gasteiger partial charge in [-0.25, -0.2) is 0 Å². The number of amides is 1. The maximum absolute atomic E-state index is 11.7. The first-order chi connectivity index (χ1) is 8.58. The number of anilines is 2. The minimum absolute atomic E-state index is 0.0862. The van der Waals surface area contributed by atoms with Gasteiger partial charge in [0.05, 0.1) is 11.4 Å². The molecule has 4 nitrogen and oxygen atoms in total. The zero-order valence-electron chi connectivity index (χ0n) is 11.0. The number of hydrogen-bond acceptors (Lipinski definition) is 3. The standard InChI is InChI=1S/C14H21N3O/c1-4-6-10(3)17-13-9-11(7-8-12(13)15)14(18)16-5-2/h4,7-10,17H,1,5-6,15H2,2-3H3,(H,16,18). The summed E-state index contributed by atoms with van der Waals surface area (Å²) in [5.41, 5.74) is 7.92. The van der Waals surface area contributed by atoms with Crippen LogP contribution < -0.4 is 16.4 Å². The lowest BCUT2D eigenvalue weighted by molar-refractivity contribution is 0.0956. The fourth-order valence-corrected chi connectivity index (χ4v) is 1.66. The molecule has 0 aliphatic rings. The lowest BCUT2D eigenvalue weighted by Gasteiger charge is -2.16. The number of carbonyl (C=O) groups is 1. The lowest BCUT2D eigenvalue weighted by atomic mass is 10.1. The number of hydrogen-bond donors (Lipinski definition) is 3. The molecule has 4 N–H and O–H groups in total. The molecule has 1 rings (SSSR count). The Bertz CT molecular complexity index is 429. The van der Waals surface area contributed by atoms with Crippen LogP contribution in [0.4, 0.5) is 11.4 Å². The van der Waals surface area contributed by atoms with Crippen molar-refractivity contribution in [2.45, 2.75) is 26.3 Å². The van der Waals surface area contributed by atoms with Crippen molar-refractivity contribution >= 4 is 17.3 Å². The second kappa shape index (κ2) is 6.69. The van der Waals surface area contributed by atoms with Gasteiger partial charge in [0.1, 0.15) is 0 Å². The predicted molar refractivity (Wildman–Crippen MR) is 76.8 cm³/mol. The topological polar surface area (TPSA) is 67.2 Å². The van der Waals surface area contributed by atoms with E-state index in [4.69, 9.17) is 5.73 Å². The molecule has 4 heteroatoms. The number of nitrogens with one attached hydrogen (secondary N) is 2. The molecule has 1 unspecified atom stereocenters. The van der Waals surface area contributed by atoms with Crippen molar-refractivity contribution in [1.82, 2.24) is 5.32 Å². The lowest BCUT2D eigenvalue weighted by Crippen LogP contribution is -2.23. The highest BCUT2D eigenvalue weighted by Crippen LogP contribution is 2.21. The fourth-order valence-electron chi connectivity index (χ4n) is 1.66. The molecule has 0 spiro atoms. The third-order valence-corrected chi connectivity index (χ3v) is 2.57. The first kappa shape index (κ1) is 14.1. The van der Waals surface area contributed by atoms with Gasteiger partial charge in [-0.3, -0.25) is 4.79 Å². The Hall–Kier alpha value is -1.97. The summed E-state index contributed by atoms with van der Waals surface area (Å²) < 4.78 is 0. The zero-order valence-corrected chi connectivity index (χ0v) is 11.0. The molecule has 0 aliphatic carbocycles. The Morgan fingerprint density at radius 3 is 2.89 bits per heavy atom. The molecule has 0 saturated heterocycles. The quantitative estimate of drug-likeness (QED) is 0.534. The number of nitrogen functional groups attached to an aromatic ring is 1. The van der Waals surface area contributed by atoms with Crippen LogP contribution in [0.3, 0.4) is 0 Å². The average Bonchev–Trinajstić information content (AvgIpc) is 2.32. The highest BCUT2D eigenvalue weighted by atomic mass is 16.1. The molecular formula is C14H21N3O. The van der Waals surface area contributed by atoms with Gasteiger partial charge in [0.2, 0.25) is 0 Å². The number of rotatable bonds is 6. The highest BCUT2D eigenvalue weighted by Gasteiger charge is 2.09. The van der Waals surface area contributed by atoms with Crippen LogP contribution in [-0.2, 0) is 0 Å². The van der Waals surface area contributed by atoms with E-state index in [1.807, 2.05) is 19.9 Å². The van der Waals surface area contributed by atoms with Gasteiger partial charge >= 0.3 is 0 Å². The van der Waals surface area contributed by atoms with Gasteiger partial charge in [-0.05, 0) is 38.5 Å². The smallest absolute Gasteiger partial charge is 0.251 e. The highest BCUT2D eigenvalue weighted by molar-refractivity contribution is 5.96.